The van der Waals surface area contributed by atoms with E-state index >= 15 is 0 Å². The van der Waals surface area contributed by atoms with Crippen LogP contribution in [-0.2, 0) is 9.59 Å². The van der Waals surface area contributed by atoms with Crippen LogP contribution in [0.2, 0.25) is 0 Å². The van der Waals surface area contributed by atoms with Gasteiger partial charge in [-0.1, -0.05) is 48.5 Å². The first kappa shape index (κ1) is 15.8. The molecule has 4 nitrogen and oxygen atoms in total. The average Bonchev–Trinajstić information content (AvgIpc) is 2.99. The minimum atomic E-state index is -0.287. The van der Waals surface area contributed by atoms with Crippen molar-refractivity contribution < 1.29 is 9.59 Å². The van der Waals surface area contributed by atoms with Crippen molar-refractivity contribution in [3.05, 3.63) is 66.7 Å². The maximum Gasteiger partial charge on any atom is 0.258 e. The monoisotopic (exact) mass is 338 g/mol. The first-order chi connectivity index (χ1) is 12.7. The molecule has 1 aliphatic rings. The van der Waals surface area contributed by atoms with E-state index in [1.54, 1.807) is 6.07 Å². The first-order valence-corrected chi connectivity index (χ1v) is 8.19. The number of hydrogen-bond acceptors (Lipinski definition) is 3. The van der Waals surface area contributed by atoms with Gasteiger partial charge in [-0.15, -0.1) is 0 Å². The number of carbonyl (C=O) groups excluding carboxylic acids is 2. The van der Waals surface area contributed by atoms with Gasteiger partial charge >= 0.3 is 0 Å². The molecule has 0 N–H and O–H groups in total. The molecule has 0 bridgehead atoms. The van der Waals surface area contributed by atoms with Gasteiger partial charge in [0.05, 0.1) is 11.8 Å². The molecule has 4 aromatic rings. The van der Waals surface area contributed by atoms with Crippen molar-refractivity contribution in [1.29, 1.82) is 5.26 Å². The van der Waals surface area contributed by atoms with Crippen LogP contribution in [0.15, 0.2) is 66.7 Å². The van der Waals surface area contributed by atoms with E-state index in [0.29, 0.717) is 5.69 Å². The number of rotatable bonds is 1. The van der Waals surface area contributed by atoms with Crippen molar-refractivity contribution in [1.82, 2.24) is 0 Å². The van der Waals surface area contributed by atoms with E-state index in [4.69, 9.17) is 5.26 Å². The summed E-state index contributed by atoms with van der Waals surface area (Å²) in [6.45, 7) is 1.43. The van der Waals surface area contributed by atoms with Crippen LogP contribution in [0.1, 0.15) is 6.92 Å². The maximum absolute atomic E-state index is 12.1. The zero-order valence-corrected chi connectivity index (χ0v) is 14.1. The summed E-state index contributed by atoms with van der Waals surface area (Å²) in [5.41, 5.74) is 0.649. The van der Waals surface area contributed by atoms with Gasteiger partial charge in [0.25, 0.3) is 11.8 Å². The van der Waals surface area contributed by atoms with Crippen LogP contribution in [0.5, 0.6) is 0 Å². The Kier molecular flexibility index (Phi) is 3.63. The molecule has 0 saturated heterocycles. The van der Waals surface area contributed by atoms with Crippen molar-refractivity contribution in [3.63, 3.8) is 0 Å². The summed E-state index contributed by atoms with van der Waals surface area (Å²) < 4.78 is 0. The number of benzene rings is 4. The van der Waals surface area contributed by atoms with Crippen LogP contribution in [0.3, 0.4) is 0 Å². The molecule has 0 aromatic heterocycles. The molecule has 0 aliphatic carbocycles. The van der Waals surface area contributed by atoms with Gasteiger partial charge in [0.2, 0.25) is 0 Å². The Morgan fingerprint density at radius 3 is 1.88 bits per heavy atom. The SMILES string of the molecule is CC#N.O=C1C=CC(=O)N1c1ccc2ccc3cccc4ccc1c2c34. The second kappa shape index (κ2) is 5.98. The van der Waals surface area contributed by atoms with Gasteiger partial charge in [-0.2, -0.15) is 5.26 Å². The Morgan fingerprint density at radius 2 is 1.27 bits per heavy atom. The van der Waals surface area contributed by atoms with E-state index in [1.807, 2.05) is 30.3 Å². The van der Waals surface area contributed by atoms with Gasteiger partial charge < -0.3 is 0 Å². The molecule has 124 valence electrons. The van der Waals surface area contributed by atoms with E-state index in [9.17, 15) is 9.59 Å². The summed E-state index contributed by atoms with van der Waals surface area (Å²) >= 11 is 0. The lowest BCUT2D eigenvalue weighted by atomic mass is 9.93. The number of carbonyl (C=O) groups is 2. The Bertz CT molecular complexity index is 1210. The summed E-state index contributed by atoms with van der Waals surface area (Å²) in [7, 11) is 0. The second-order valence-corrected chi connectivity index (χ2v) is 6.01. The zero-order chi connectivity index (χ0) is 18.3. The summed E-state index contributed by atoms with van der Waals surface area (Å²) in [6.07, 6.45) is 2.64. The molecule has 4 aromatic carbocycles. The fourth-order valence-electron chi connectivity index (χ4n) is 3.55. The molecule has 5 rings (SSSR count). The van der Waals surface area contributed by atoms with Gasteiger partial charge in [0.1, 0.15) is 0 Å². The number of nitriles is 1. The number of hydrogen-bond donors (Lipinski definition) is 0. The van der Waals surface area contributed by atoms with Gasteiger partial charge in [0, 0.05) is 24.5 Å². The van der Waals surface area contributed by atoms with Crippen molar-refractivity contribution in [3.8, 4) is 6.07 Å². The standard InChI is InChI=1S/C20H11NO2.C2H3N/c22-17-10-11-18(23)21(17)16-9-7-14-5-4-12-2-1-3-13-6-8-15(16)20(14)19(12)13;1-2-3/h1-11H;1H3. The summed E-state index contributed by atoms with van der Waals surface area (Å²) in [6, 6.07) is 20.0. The molecule has 2 amide bonds. The number of amides is 2. The van der Waals surface area contributed by atoms with Crippen molar-refractivity contribution >= 4 is 49.8 Å². The first-order valence-electron chi connectivity index (χ1n) is 8.19. The van der Waals surface area contributed by atoms with Crippen LogP contribution in [0.25, 0.3) is 32.3 Å². The fourth-order valence-corrected chi connectivity index (χ4v) is 3.55. The lowest BCUT2D eigenvalue weighted by Crippen LogP contribution is -2.29. The molecule has 0 spiro atoms. The highest BCUT2D eigenvalue weighted by Crippen LogP contribution is 2.39. The van der Waals surface area contributed by atoms with Crippen LogP contribution in [0, 0.1) is 11.3 Å². The van der Waals surface area contributed by atoms with E-state index in [2.05, 4.69) is 24.3 Å². The molecule has 0 atom stereocenters. The highest BCUT2D eigenvalue weighted by molar-refractivity contribution is 6.33. The Balaban J connectivity index is 0.000000527. The lowest BCUT2D eigenvalue weighted by Gasteiger charge is -2.19. The molecule has 1 aliphatic heterocycles. The summed E-state index contributed by atoms with van der Waals surface area (Å²) in [4.78, 5) is 25.4. The average molecular weight is 338 g/mol. The number of nitrogens with zero attached hydrogens (tertiary/aromatic N) is 2. The molecule has 1 heterocycles. The predicted molar refractivity (Wildman–Crippen MR) is 103 cm³/mol. The van der Waals surface area contributed by atoms with Crippen molar-refractivity contribution in [2.45, 2.75) is 6.92 Å². The Hall–Kier alpha value is -3.71. The highest BCUT2D eigenvalue weighted by Gasteiger charge is 2.27. The van der Waals surface area contributed by atoms with Gasteiger partial charge in [-0.3, -0.25) is 9.59 Å². The van der Waals surface area contributed by atoms with E-state index in [0.717, 1.165) is 26.9 Å². The van der Waals surface area contributed by atoms with Crippen molar-refractivity contribution in [2.75, 3.05) is 4.90 Å². The van der Waals surface area contributed by atoms with E-state index in [1.165, 1.54) is 29.4 Å². The zero-order valence-electron chi connectivity index (χ0n) is 14.1. The predicted octanol–water partition coefficient (Wildman–Crippen LogP) is 4.54. The largest absolute Gasteiger partial charge is 0.269 e. The van der Waals surface area contributed by atoms with Crippen LogP contribution in [0.4, 0.5) is 5.69 Å². The maximum atomic E-state index is 12.1. The van der Waals surface area contributed by atoms with E-state index in [-0.39, 0.29) is 11.8 Å². The molecule has 0 saturated carbocycles. The molecule has 0 unspecified atom stereocenters. The minimum Gasteiger partial charge on any atom is -0.269 e. The van der Waals surface area contributed by atoms with Crippen molar-refractivity contribution in [2.24, 2.45) is 0 Å². The summed E-state index contributed by atoms with van der Waals surface area (Å²) in [5, 5.41) is 14.0. The highest BCUT2D eigenvalue weighted by atomic mass is 16.2. The third-order valence-corrected chi connectivity index (χ3v) is 4.56. The normalized spacial score (nSPS) is 13.5. The number of imide groups is 1. The number of anilines is 1. The third-order valence-electron chi connectivity index (χ3n) is 4.56. The van der Waals surface area contributed by atoms with Gasteiger partial charge in [-0.05, 0) is 33.0 Å². The third kappa shape index (κ3) is 2.22. The van der Waals surface area contributed by atoms with Gasteiger partial charge in [0.15, 0.2) is 0 Å². The lowest BCUT2D eigenvalue weighted by molar-refractivity contribution is -0.119. The van der Waals surface area contributed by atoms with Crippen LogP contribution in [-0.4, -0.2) is 11.8 Å². The van der Waals surface area contributed by atoms with Crippen LogP contribution < -0.4 is 4.90 Å². The Labute approximate surface area is 149 Å². The molecule has 0 radical (unpaired) electrons. The minimum absolute atomic E-state index is 0.287. The topological polar surface area (TPSA) is 61.2 Å². The van der Waals surface area contributed by atoms with Gasteiger partial charge in [-0.25, -0.2) is 4.90 Å². The van der Waals surface area contributed by atoms with Crippen LogP contribution >= 0.6 is 0 Å². The molecule has 4 heteroatoms. The quantitative estimate of drug-likeness (QED) is 0.378. The molecule has 0 fully saturated rings. The smallest absolute Gasteiger partial charge is 0.258 e. The van der Waals surface area contributed by atoms with E-state index < -0.39 is 0 Å². The molecular weight excluding hydrogens is 324 g/mol. The summed E-state index contributed by atoms with van der Waals surface area (Å²) in [5.74, 6) is -0.574. The molecule has 26 heavy (non-hydrogen) atoms. The fraction of sp³-hybridized carbons (Fsp3) is 0.0455. The Morgan fingerprint density at radius 1 is 0.769 bits per heavy atom. The molecular formula is C22H14N2O2. The second-order valence-electron chi connectivity index (χ2n) is 6.01.